The van der Waals surface area contributed by atoms with Crippen molar-refractivity contribution in [2.45, 2.75) is 45.4 Å². The minimum Gasteiger partial charge on any atom is -0.480 e. The molecule has 1 N–H and O–H groups in total. The summed E-state index contributed by atoms with van der Waals surface area (Å²) in [7, 11) is 0. The van der Waals surface area contributed by atoms with Gasteiger partial charge in [0.15, 0.2) is 0 Å². The van der Waals surface area contributed by atoms with Gasteiger partial charge in [0.25, 0.3) is 0 Å². The smallest absolute Gasteiger partial charge is 0.317 e. The van der Waals surface area contributed by atoms with Gasteiger partial charge in [-0.2, -0.15) is 0 Å². The lowest BCUT2D eigenvalue weighted by molar-refractivity contribution is -0.138. The van der Waals surface area contributed by atoms with Crippen LogP contribution in [-0.2, 0) is 4.79 Å². The summed E-state index contributed by atoms with van der Waals surface area (Å²) in [5, 5.41) is 8.95. The molecule has 98 valence electrons. The van der Waals surface area contributed by atoms with Gasteiger partial charge in [-0.3, -0.25) is 9.69 Å². The molecule has 2 saturated carbocycles. The molecule has 0 heterocycles. The Morgan fingerprint density at radius 2 is 1.53 bits per heavy atom. The first-order valence-corrected chi connectivity index (χ1v) is 7.07. The molecule has 2 aliphatic carbocycles. The zero-order valence-electron chi connectivity index (χ0n) is 10.9. The minimum atomic E-state index is -0.671. The Morgan fingerprint density at radius 3 is 1.94 bits per heavy atom. The van der Waals surface area contributed by atoms with Crippen LogP contribution in [0.2, 0.25) is 0 Å². The topological polar surface area (TPSA) is 40.5 Å². The van der Waals surface area contributed by atoms with E-state index in [0.717, 1.165) is 30.8 Å². The van der Waals surface area contributed by atoms with Crippen LogP contribution >= 0.6 is 0 Å². The standard InChI is InChI=1S/C14H25NO2/c1-11-2-4-12(5-3-11)8-15(10-14(16)17)9-13-6-7-13/h11-13H,2-10H2,1H3,(H,16,17). The van der Waals surface area contributed by atoms with Gasteiger partial charge in [-0.1, -0.05) is 19.8 Å². The second kappa shape index (κ2) is 5.85. The number of hydrogen-bond acceptors (Lipinski definition) is 2. The van der Waals surface area contributed by atoms with Crippen LogP contribution in [0.3, 0.4) is 0 Å². The van der Waals surface area contributed by atoms with Gasteiger partial charge in [0.05, 0.1) is 6.54 Å². The third kappa shape index (κ3) is 4.66. The number of aliphatic carboxylic acids is 1. The number of hydrogen-bond donors (Lipinski definition) is 1. The van der Waals surface area contributed by atoms with E-state index in [1.807, 2.05) is 0 Å². The number of carboxylic acid groups (broad SMARTS) is 1. The average molecular weight is 239 g/mol. The number of carbonyl (C=O) groups is 1. The summed E-state index contributed by atoms with van der Waals surface area (Å²) in [5.74, 6) is 1.73. The lowest BCUT2D eigenvalue weighted by atomic mass is 9.83. The third-order valence-corrected chi connectivity index (χ3v) is 4.22. The van der Waals surface area contributed by atoms with Gasteiger partial charge in [-0.15, -0.1) is 0 Å². The van der Waals surface area contributed by atoms with Crippen molar-refractivity contribution in [1.29, 1.82) is 0 Å². The summed E-state index contributed by atoms with van der Waals surface area (Å²) in [6, 6.07) is 0. The van der Waals surface area contributed by atoms with E-state index in [1.165, 1.54) is 38.5 Å². The highest BCUT2D eigenvalue weighted by molar-refractivity contribution is 5.69. The zero-order chi connectivity index (χ0) is 12.3. The van der Waals surface area contributed by atoms with E-state index in [2.05, 4.69) is 11.8 Å². The molecule has 0 aromatic heterocycles. The molecule has 17 heavy (non-hydrogen) atoms. The fourth-order valence-corrected chi connectivity index (χ4v) is 2.94. The molecular weight excluding hydrogens is 214 g/mol. The molecule has 3 heteroatoms. The van der Waals surface area contributed by atoms with Crippen LogP contribution in [0.25, 0.3) is 0 Å². The zero-order valence-corrected chi connectivity index (χ0v) is 10.9. The molecule has 0 saturated heterocycles. The minimum absolute atomic E-state index is 0.239. The van der Waals surface area contributed by atoms with Crippen LogP contribution < -0.4 is 0 Å². The number of nitrogens with zero attached hydrogens (tertiary/aromatic N) is 1. The molecule has 3 nitrogen and oxygen atoms in total. The summed E-state index contributed by atoms with van der Waals surface area (Å²) in [4.78, 5) is 13.0. The molecule has 0 aromatic rings. The van der Waals surface area contributed by atoms with Gasteiger partial charge in [0, 0.05) is 13.1 Å². The first-order chi connectivity index (χ1) is 8.13. The maximum absolute atomic E-state index is 10.9. The summed E-state index contributed by atoms with van der Waals surface area (Å²) >= 11 is 0. The predicted molar refractivity (Wildman–Crippen MR) is 67.9 cm³/mol. The molecule has 2 rings (SSSR count). The molecule has 0 unspecified atom stereocenters. The van der Waals surface area contributed by atoms with Gasteiger partial charge in [0.1, 0.15) is 0 Å². The maximum atomic E-state index is 10.9. The predicted octanol–water partition coefficient (Wildman–Crippen LogP) is 2.61. The first-order valence-electron chi connectivity index (χ1n) is 7.07. The molecule has 0 spiro atoms. The number of rotatable bonds is 6. The molecule has 2 aliphatic rings. The van der Waals surface area contributed by atoms with Crippen LogP contribution in [0, 0.1) is 17.8 Å². The fraction of sp³-hybridized carbons (Fsp3) is 0.929. The molecule has 2 fully saturated rings. The van der Waals surface area contributed by atoms with Crippen LogP contribution in [0.4, 0.5) is 0 Å². The Labute approximate surface area is 104 Å². The van der Waals surface area contributed by atoms with Gasteiger partial charge in [-0.25, -0.2) is 0 Å². The Hall–Kier alpha value is -0.570. The van der Waals surface area contributed by atoms with Gasteiger partial charge >= 0.3 is 5.97 Å². The van der Waals surface area contributed by atoms with E-state index in [1.54, 1.807) is 0 Å². The molecule has 0 amide bonds. The van der Waals surface area contributed by atoms with E-state index in [-0.39, 0.29) is 6.54 Å². The molecule has 0 aliphatic heterocycles. The van der Waals surface area contributed by atoms with E-state index >= 15 is 0 Å². The molecule has 0 bridgehead atoms. The van der Waals surface area contributed by atoms with Crippen molar-refractivity contribution in [3.8, 4) is 0 Å². The first kappa shape index (κ1) is 12.9. The fourth-order valence-electron chi connectivity index (χ4n) is 2.94. The SMILES string of the molecule is CC1CCC(CN(CC(=O)O)CC2CC2)CC1. The summed E-state index contributed by atoms with van der Waals surface area (Å²) in [6.45, 7) is 4.59. The second-order valence-electron chi connectivity index (χ2n) is 6.16. The average Bonchev–Trinajstić information content (AvgIpc) is 3.04. The van der Waals surface area contributed by atoms with Crippen LogP contribution in [0.5, 0.6) is 0 Å². The van der Waals surface area contributed by atoms with Crippen molar-refractivity contribution in [1.82, 2.24) is 4.90 Å². The van der Waals surface area contributed by atoms with Crippen LogP contribution in [0.1, 0.15) is 45.4 Å². The lowest BCUT2D eigenvalue weighted by Gasteiger charge is -2.31. The van der Waals surface area contributed by atoms with E-state index in [9.17, 15) is 4.79 Å². The Kier molecular flexibility index (Phi) is 4.43. The van der Waals surface area contributed by atoms with Crippen molar-refractivity contribution >= 4 is 5.97 Å². The quantitative estimate of drug-likeness (QED) is 0.774. The highest BCUT2D eigenvalue weighted by Crippen LogP contribution is 2.32. The Bertz CT molecular complexity index is 255. The summed E-state index contributed by atoms with van der Waals surface area (Å²) in [5.41, 5.74) is 0. The van der Waals surface area contributed by atoms with Crippen molar-refractivity contribution in [3.63, 3.8) is 0 Å². The summed E-state index contributed by atoms with van der Waals surface area (Å²) in [6.07, 6.45) is 7.85. The van der Waals surface area contributed by atoms with Gasteiger partial charge < -0.3 is 5.11 Å². The van der Waals surface area contributed by atoms with Gasteiger partial charge in [0.2, 0.25) is 0 Å². The van der Waals surface area contributed by atoms with Crippen molar-refractivity contribution in [2.75, 3.05) is 19.6 Å². The van der Waals surface area contributed by atoms with E-state index in [4.69, 9.17) is 5.11 Å². The Balaban J connectivity index is 1.76. The monoisotopic (exact) mass is 239 g/mol. The maximum Gasteiger partial charge on any atom is 0.317 e. The normalized spacial score (nSPS) is 29.5. The highest BCUT2D eigenvalue weighted by Gasteiger charge is 2.27. The van der Waals surface area contributed by atoms with Crippen LogP contribution in [0.15, 0.2) is 0 Å². The molecular formula is C14H25NO2. The van der Waals surface area contributed by atoms with Gasteiger partial charge in [-0.05, 0) is 43.4 Å². The third-order valence-electron chi connectivity index (χ3n) is 4.22. The Morgan fingerprint density at radius 1 is 1.06 bits per heavy atom. The largest absolute Gasteiger partial charge is 0.480 e. The van der Waals surface area contributed by atoms with Crippen molar-refractivity contribution in [3.05, 3.63) is 0 Å². The van der Waals surface area contributed by atoms with Crippen molar-refractivity contribution < 1.29 is 9.90 Å². The number of carboxylic acids is 1. The molecule has 0 atom stereocenters. The second-order valence-corrected chi connectivity index (χ2v) is 6.16. The molecule has 0 radical (unpaired) electrons. The summed E-state index contributed by atoms with van der Waals surface area (Å²) < 4.78 is 0. The van der Waals surface area contributed by atoms with E-state index < -0.39 is 5.97 Å². The molecule has 0 aromatic carbocycles. The van der Waals surface area contributed by atoms with Crippen molar-refractivity contribution in [2.24, 2.45) is 17.8 Å². The van der Waals surface area contributed by atoms with Crippen LogP contribution in [-0.4, -0.2) is 35.6 Å². The lowest BCUT2D eigenvalue weighted by Crippen LogP contribution is -2.36. The highest BCUT2D eigenvalue weighted by atomic mass is 16.4. The van der Waals surface area contributed by atoms with E-state index in [0.29, 0.717) is 0 Å².